The van der Waals surface area contributed by atoms with Crippen molar-refractivity contribution in [1.29, 1.82) is 0 Å². The quantitative estimate of drug-likeness (QED) is 0.383. The summed E-state index contributed by atoms with van der Waals surface area (Å²) in [7, 11) is 0. The van der Waals surface area contributed by atoms with Crippen LogP contribution in [0.15, 0.2) is 48.5 Å². The monoisotopic (exact) mass is 565 g/mol. The number of nitrogens with zero attached hydrogens (tertiary/aromatic N) is 1. The van der Waals surface area contributed by atoms with Crippen LogP contribution >= 0.6 is 11.6 Å². The molecule has 2 aromatic rings. The predicted octanol–water partition coefficient (Wildman–Crippen LogP) is 4.38. The molecule has 1 amide bonds. The summed E-state index contributed by atoms with van der Waals surface area (Å²) in [5.74, 6) is -2.64. The molecule has 0 bridgehead atoms. The van der Waals surface area contributed by atoms with Crippen LogP contribution in [0.1, 0.15) is 48.8 Å². The first-order valence-corrected chi connectivity index (χ1v) is 13.5. The molecule has 0 radical (unpaired) electrons. The summed E-state index contributed by atoms with van der Waals surface area (Å²) in [6.07, 6.45) is -2.46. The van der Waals surface area contributed by atoms with Gasteiger partial charge in [-0.1, -0.05) is 48.0 Å². The third kappa shape index (κ3) is 5.94. The highest BCUT2D eigenvalue weighted by Gasteiger charge is 2.49. The zero-order valence-corrected chi connectivity index (χ0v) is 22.1. The highest BCUT2D eigenvalue weighted by Crippen LogP contribution is 2.44. The molecule has 1 spiro atoms. The van der Waals surface area contributed by atoms with E-state index in [0.29, 0.717) is 45.5 Å². The van der Waals surface area contributed by atoms with Crippen LogP contribution < -0.4 is 10.6 Å². The number of piperidine rings is 1. The van der Waals surface area contributed by atoms with Gasteiger partial charge in [0.25, 0.3) is 0 Å². The average Bonchev–Trinajstić information content (AvgIpc) is 3.55. The Labute approximate surface area is 230 Å². The summed E-state index contributed by atoms with van der Waals surface area (Å²) in [4.78, 5) is 27.2. The number of alkyl halides is 3. The number of amides is 1. The standard InChI is InChI=1S/C28H31ClF3N3O4/c29-21-7-3-6-20(15-21)27(16-22-8-4-12-33-22,39-25(37)28(30,31)32)34-17-24(36)35-13-10-26(11-14-35)23-9-2-1-5-19(23)18-38-26/h1-3,5-7,9,15,22,33-34H,4,8,10-14,16-18H2/t22-,27-/m0/s1. The minimum atomic E-state index is -5.21. The number of nitrogens with one attached hydrogen (secondary N) is 2. The lowest BCUT2D eigenvalue weighted by atomic mass is 9.84. The second-order valence-corrected chi connectivity index (χ2v) is 10.8. The Morgan fingerprint density at radius 2 is 1.92 bits per heavy atom. The van der Waals surface area contributed by atoms with Gasteiger partial charge in [0.1, 0.15) is 0 Å². The van der Waals surface area contributed by atoms with Gasteiger partial charge in [-0.05, 0) is 55.5 Å². The molecule has 2 saturated heterocycles. The lowest BCUT2D eigenvalue weighted by Crippen LogP contribution is -2.55. The van der Waals surface area contributed by atoms with Gasteiger partial charge in [0.05, 0.1) is 18.8 Å². The number of ether oxygens (including phenoxy) is 2. The van der Waals surface area contributed by atoms with Crippen LogP contribution in [0, 0.1) is 0 Å². The molecule has 5 rings (SSSR count). The molecular weight excluding hydrogens is 535 g/mol. The van der Waals surface area contributed by atoms with Gasteiger partial charge in [-0.3, -0.25) is 10.1 Å². The third-order valence-corrected chi connectivity index (χ3v) is 8.18. The van der Waals surface area contributed by atoms with Gasteiger partial charge in [-0.2, -0.15) is 13.2 Å². The highest BCUT2D eigenvalue weighted by atomic mass is 35.5. The van der Waals surface area contributed by atoms with Gasteiger partial charge in [-0.25, -0.2) is 4.79 Å². The molecule has 2 aromatic carbocycles. The molecule has 2 atom stereocenters. The number of esters is 1. The van der Waals surface area contributed by atoms with E-state index in [-0.39, 0.29) is 35.5 Å². The first kappa shape index (κ1) is 27.9. The van der Waals surface area contributed by atoms with Gasteiger partial charge in [0.2, 0.25) is 5.91 Å². The molecule has 0 unspecified atom stereocenters. The van der Waals surface area contributed by atoms with E-state index < -0.39 is 23.5 Å². The van der Waals surface area contributed by atoms with E-state index in [1.165, 1.54) is 6.07 Å². The number of rotatable bonds is 7. The minimum Gasteiger partial charge on any atom is -0.433 e. The van der Waals surface area contributed by atoms with Gasteiger partial charge in [0, 0.05) is 36.1 Å². The second-order valence-electron chi connectivity index (χ2n) is 10.4. The van der Waals surface area contributed by atoms with Crippen molar-refractivity contribution in [1.82, 2.24) is 15.5 Å². The Balaban J connectivity index is 1.34. The van der Waals surface area contributed by atoms with Gasteiger partial charge in [0.15, 0.2) is 5.72 Å². The Bertz CT molecular complexity index is 1210. The molecule has 11 heteroatoms. The van der Waals surface area contributed by atoms with E-state index in [1.54, 1.807) is 23.1 Å². The Kier molecular flexibility index (Phi) is 7.92. The molecule has 39 heavy (non-hydrogen) atoms. The zero-order chi connectivity index (χ0) is 27.7. The molecule has 0 saturated carbocycles. The van der Waals surface area contributed by atoms with Crippen molar-refractivity contribution >= 4 is 23.5 Å². The first-order valence-electron chi connectivity index (χ1n) is 13.2. The fourth-order valence-electron chi connectivity index (χ4n) is 5.91. The van der Waals surface area contributed by atoms with Crippen LogP contribution in [0.5, 0.6) is 0 Å². The highest BCUT2D eigenvalue weighted by molar-refractivity contribution is 6.30. The maximum Gasteiger partial charge on any atom is 0.491 e. The summed E-state index contributed by atoms with van der Waals surface area (Å²) in [5, 5.41) is 6.43. The predicted molar refractivity (Wildman–Crippen MR) is 138 cm³/mol. The number of fused-ring (bicyclic) bond motifs is 2. The van der Waals surface area contributed by atoms with Crippen LogP contribution in [-0.2, 0) is 37.0 Å². The first-order chi connectivity index (χ1) is 18.6. The van der Waals surface area contributed by atoms with E-state index >= 15 is 0 Å². The van der Waals surface area contributed by atoms with Crippen molar-refractivity contribution < 1.29 is 32.2 Å². The molecule has 0 aromatic heterocycles. The molecule has 3 heterocycles. The maximum atomic E-state index is 13.4. The Morgan fingerprint density at radius 1 is 1.15 bits per heavy atom. The topological polar surface area (TPSA) is 79.9 Å². The average molecular weight is 566 g/mol. The number of benzene rings is 2. The van der Waals surface area contributed by atoms with Crippen molar-refractivity contribution in [2.45, 2.75) is 62.3 Å². The smallest absolute Gasteiger partial charge is 0.433 e. The minimum absolute atomic E-state index is 0.00379. The van der Waals surface area contributed by atoms with Gasteiger partial charge >= 0.3 is 12.1 Å². The second kappa shape index (κ2) is 11.1. The van der Waals surface area contributed by atoms with Crippen molar-refractivity contribution in [2.24, 2.45) is 0 Å². The van der Waals surface area contributed by atoms with Gasteiger partial charge < -0.3 is 19.7 Å². The Morgan fingerprint density at radius 3 is 2.62 bits per heavy atom. The molecule has 2 fully saturated rings. The molecule has 210 valence electrons. The van der Waals surface area contributed by atoms with Crippen molar-refractivity contribution in [3.63, 3.8) is 0 Å². The lowest BCUT2D eigenvalue weighted by molar-refractivity contribution is -0.220. The fourth-order valence-corrected chi connectivity index (χ4v) is 6.10. The van der Waals surface area contributed by atoms with E-state index in [9.17, 15) is 22.8 Å². The summed E-state index contributed by atoms with van der Waals surface area (Å²) < 4.78 is 51.6. The van der Waals surface area contributed by atoms with Crippen LogP contribution in [0.25, 0.3) is 0 Å². The zero-order valence-electron chi connectivity index (χ0n) is 21.4. The van der Waals surface area contributed by atoms with Gasteiger partial charge in [-0.15, -0.1) is 0 Å². The van der Waals surface area contributed by atoms with Crippen LogP contribution in [0.4, 0.5) is 13.2 Å². The lowest BCUT2D eigenvalue weighted by Gasteiger charge is -2.40. The van der Waals surface area contributed by atoms with E-state index in [0.717, 1.165) is 17.5 Å². The third-order valence-electron chi connectivity index (χ3n) is 7.95. The number of halogens is 4. The van der Waals surface area contributed by atoms with Crippen molar-refractivity contribution in [3.8, 4) is 0 Å². The number of likely N-dealkylation sites (tertiary alicyclic amines) is 1. The summed E-state index contributed by atoms with van der Waals surface area (Å²) in [6.45, 7) is 1.78. The van der Waals surface area contributed by atoms with Crippen LogP contribution in [0.3, 0.4) is 0 Å². The van der Waals surface area contributed by atoms with Crippen LogP contribution in [-0.4, -0.2) is 55.2 Å². The summed E-state index contributed by atoms with van der Waals surface area (Å²) in [6, 6.07) is 14.0. The van der Waals surface area contributed by atoms with E-state index in [2.05, 4.69) is 16.7 Å². The van der Waals surface area contributed by atoms with Crippen molar-refractivity contribution in [3.05, 3.63) is 70.2 Å². The Hall–Kier alpha value is -2.66. The number of carbonyl (C=O) groups excluding carboxylic acids is 2. The largest absolute Gasteiger partial charge is 0.491 e. The van der Waals surface area contributed by atoms with E-state index in [4.69, 9.17) is 21.1 Å². The number of carbonyl (C=O) groups is 2. The molecular formula is C28H31ClF3N3O4. The number of hydrogen-bond donors (Lipinski definition) is 2. The van der Waals surface area contributed by atoms with Crippen molar-refractivity contribution in [2.75, 3.05) is 26.2 Å². The maximum absolute atomic E-state index is 13.4. The normalized spacial score (nSPS) is 21.9. The summed E-state index contributed by atoms with van der Waals surface area (Å²) in [5.41, 5.74) is 0.194. The molecule has 0 aliphatic carbocycles. The summed E-state index contributed by atoms with van der Waals surface area (Å²) >= 11 is 6.18. The molecule has 2 N–H and O–H groups in total. The SMILES string of the molecule is O=C(CN[C@@](C[C@@H]1CCCN1)(OC(=O)C(F)(F)F)c1cccc(Cl)c1)N1CCC2(CC1)OCc1ccccc12. The fraction of sp³-hybridized carbons (Fsp3) is 0.500. The molecule has 3 aliphatic heterocycles. The molecule has 7 nitrogen and oxygen atoms in total. The number of hydrogen-bond acceptors (Lipinski definition) is 6. The van der Waals surface area contributed by atoms with Crippen LogP contribution in [0.2, 0.25) is 5.02 Å². The van der Waals surface area contributed by atoms with E-state index in [1.807, 2.05) is 18.2 Å². The molecule has 3 aliphatic rings.